The van der Waals surface area contributed by atoms with Crippen molar-refractivity contribution >= 4 is 23.2 Å². The first-order valence-electron chi connectivity index (χ1n) is 8.17. The molecule has 2 atom stereocenters. The molecule has 0 spiro atoms. The Labute approximate surface area is 144 Å². The number of benzene rings is 1. The summed E-state index contributed by atoms with van der Waals surface area (Å²) in [5.74, 6) is 0. The first kappa shape index (κ1) is 18.1. The maximum atomic E-state index is 9.52. The lowest BCUT2D eigenvalue weighted by Gasteiger charge is -2.51. The molecular formula is C18H27Cl2NO. The van der Waals surface area contributed by atoms with Crippen LogP contribution in [0.2, 0.25) is 10.0 Å². The van der Waals surface area contributed by atoms with Gasteiger partial charge in [0.15, 0.2) is 0 Å². The third-order valence-corrected chi connectivity index (χ3v) is 5.84. The van der Waals surface area contributed by atoms with Crippen LogP contribution < -0.4 is 0 Å². The lowest BCUT2D eigenvalue weighted by atomic mass is 9.59. The Morgan fingerprint density at radius 2 is 1.86 bits per heavy atom. The molecule has 1 aromatic rings. The van der Waals surface area contributed by atoms with Gasteiger partial charge in [-0.25, -0.2) is 0 Å². The maximum absolute atomic E-state index is 9.52. The molecule has 2 unspecified atom stereocenters. The summed E-state index contributed by atoms with van der Waals surface area (Å²) in [7, 11) is 4.31. The van der Waals surface area contributed by atoms with Crippen molar-refractivity contribution in [3.63, 3.8) is 0 Å². The minimum atomic E-state index is -0.217. The van der Waals surface area contributed by atoms with E-state index in [2.05, 4.69) is 25.1 Å². The molecule has 4 heteroatoms. The molecular weight excluding hydrogens is 317 g/mol. The smallest absolute Gasteiger partial charge is 0.0595 e. The highest BCUT2D eigenvalue weighted by Crippen LogP contribution is 2.50. The fraction of sp³-hybridized carbons (Fsp3) is 0.667. The minimum Gasteiger partial charge on any atom is -0.393 e. The Morgan fingerprint density at radius 3 is 2.32 bits per heavy atom. The Bertz CT molecular complexity index is 498. The van der Waals surface area contributed by atoms with Gasteiger partial charge < -0.3 is 10.0 Å². The van der Waals surface area contributed by atoms with Crippen molar-refractivity contribution in [3.8, 4) is 0 Å². The molecule has 0 radical (unpaired) electrons. The first-order chi connectivity index (χ1) is 10.4. The lowest BCUT2D eigenvalue weighted by molar-refractivity contribution is 0.0836. The predicted molar refractivity (Wildman–Crippen MR) is 95.0 cm³/mol. The number of likely N-dealkylation sites (N-methyl/N-ethyl adjacent to an activating group) is 1. The summed E-state index contributed by atoms with van der Waals surface area (Å²) >= 11 is 12.3. The number of aliphatic hydroxyl groups is 1. The quantitative estimate of drug-likeness (QED) is 0.761. The standard InChI is InChI=1S/C18H27Cl2NO/c1-13(22)6-4-7-17(21(2)3)18(10-5-11-18)14-8-9-15(19)16(20)12-14/h8-9,12-13,17,22H,4-7,10-11H2,1-3H3. The lowest BCUT2D eigenvalue weighted by Crippen LogP contribution is -2.52. The molecule has 0 amide bonds. The van der Waals surface area contributed by atoms with Gasteiger partial charge in [0.2, 0.25) is 0 Å². The van der Waals surface area contributed by atoms with Gasteiger partial charge in [0, 0.05) is 11.5 Å². The molecule has 0 saturated heterocycles. The van der Waals surface area contributed by atoms with Crippen molar-refractivity contribution in [3.05, 3.63) is 33.8 Å². The summed E-state index contributed by atoms with van der Waals surface area (Å²) in [5.41, 5.74) is 1.49. The minimum absolute atomic E-state index is 0.177. The van der Waals surface area contributed by atoms with Gasteiger partial charge in [-0.1, -0.05) is 35.7 Å². The van der Waals surface area contributed by atoms with Crippen LogP contribution in [0.1, 0.15) is 51.0 Å². The van der Waals surface area contributed by atoms with E-state index in [1.165, 1.54) is 24.8 Å². The van der Waals surface area contributed by atoms with Gasteiger partial charge >= 0.3 is 0 Å². The van der Waals surface area contributed by atoms with E-state index >= 15 is 0 Å². The van der Waals surface area contributed by atoms with Crippen LogP contribution in [-0.4, -0.2) is 36.2 Å². The van der Waals surface area contributed by atoms with Crippen molar-refractivity contribution in [2.45, 2.75) is 63.0 Å². The first-order valence-corrected chi connectivity index (χ1v) is 8.92. The molecule has 1 N–H and O–H groups in total. The molecule has 1 aliphatic carbocycles. The Morgan fingerprint density at radius 1 is 1.18 bits per heavy atom. The predicted octanol–water partition coefficient (Wildman–Crippen LogP) is 4.90. The Hall–Kier alpha value is -0.280. The second-order valence-corrected chi connectivity index (χ2v) is 7.71. The van der Waals surface area contributed by atoms with Crippen LogP contribution in [0.4, 0.5) is 0 Å². The number of hydrogen-bond donors (Lipinski definition) is 1. The second-order valence-electron chi connectivity index (χ2n) is 6.90. The molecule has 0 aliphatic heterocycles. The SMILES string of the molecule is CC(O)CCCC(N(C)C)C1(c2ccc(Cl)c(Cl)c2)CCC1. The molecule has 2 rings (SSSR count). The zero-order valence-electron chi connectivity index (χ0n) is 13.8. The molecule has 22 heavy (non-hydrogen) atoms. The molecule has 1 aliphatic rings. The van der Waals surface area contributed by atoms with Crippen LogP contribution >= 0.6 is 23.2 Å². The largest absolute Gasteiger partial charge is 0.393 e. The third kappa shape index (κ3) is 3.79. The molecule has 124 valence electrons. The van der Waals surface area contributed by atoms with Crippen LogP contribution in [0, 0.1) is 0 Å². The van der Waals surface area contributed by atoms with Crippen molar-refractivity contribution in [2.75, 3.05) is 14.1 Å². The molecule has 2 nitrogen and oxygen atoms in total. The van der Waals surface area contributed by atoms with E-state index in [0.717, 1.165) is 19.3 Å². The topological polar surface area (TPSA) is 23.5 Å². The van der Waals surface area contributed by atoms with E-state index in [1.54, 1.807) is 0 Å². The Balaban J connectivity index is 2.23. The molecule has 1 saturated carbocycles. The van der Waals surface area contributed by atoms with E-state index < -0.39 is 0 Å². The molecule has 1 aromatic carbocycles. The number of aliphatic hydroxyl groups excluding tert-OH is 1. The molecule has 0 aromatic heterocycles. The Kier molecular flexibility index (Phi) is 6.18. The summed E-state index contributed by atoms with van der Waals surface area (Å²) < 4.78 is 0. The molecule has 0 heterocycles. The van der Waals surface area contributed by atoms with E-state index in [-0.39, 0.29) is 11.5 Å². The highest BCUT2D eigenvalue weighted by Gasteiger charge is 2.46. The summed E-state index contributed by atoms with van der Waals surface area (Å²) in [6, 6.07) is 6.58. The summed E-state index contributed by atoms with van der Waals surface area (Å²) in [6.45, 7) is 1.86. The van der Waals surface area contributed by atoms with Crippen molar-refractivity contribution in [2.24, 2.45) is 0 Å². The van der Waals surface area contributed by atoms with E-state index in [0.29, 0.717) is 16.1 Å². The van der Waals surface area contributed by atoms with E-state index in [1.807, 2.05) is 19.1 Å². The number of halogens is 2. The van der Waals surface area contributed by atoms with Gasteiger partial charge in [0.1, 0.15) is 0 Å². The fourth-order valence-electron chi connectivity index (χ4n) is 3.81. The summed E-state index contributed by atoms with van der Waals surface area (Å²) in [5, 5.41) is 10.8. The van der Waals surface area contributed by atoms with Crippen molar-refractivity contribution in [1.82, 2.24) is 4.90 Å². The van der Waals surface area contributed by atoms with E-state index in [4.69, 9.17) is 23.2 Å². The van der Waals surface area contributed by atoms with Crippen LogP contribution in [0.5, 0.6) is 0 Å². The molecule has 0 bridgehead atoms. The third-order valence-electron chi connectivity index (χ3n) is 5.10. The fourth-order valence-corrected chi connectivity index (χ4v) is 4.11. The van der Waals surface area contributed by atoms with Gasteiger partial charge in [-0.05, 0) is 70.8 Å². The second kappa shape index (κ2) is 7.53. The summed E-state index contributed by atoms with van der Waals surface area (Å²) in [4.78, 5) is 2.34. The average Bonchev–Trinajstić information content (AvgIpc) is 2.39. The highest BCUT2D eigenvalue weighted by atomic mass is 35.5. The summed E-state index contributed by atoms with van der Waals surface area (Å²) in [6.07, 6.45) is 6.44. The van der Waals surface area contributed by atoms with E-state index in [9.17, 15) is 5.11 Å². The van der Waals surface area contributed by atoms with Gasteiger partial charge in [-0.3, -0.25) is 0 Å². The van der Waals surface area contributed by atoms with Crippen LogP contribution in [0.15, 0.2) is 18.2 Å². The maximum Gasteiger partial charge on any atom is 0.0595 e. The van der Waals surface area contributed by atoms with Crippen molar-refractivity contribution in [1.29, 1.82) is 0 Å². The molecule has 1 fully saturated rings. The van der Waals surface area contributed by atoms with Gasteiger partial charge in [0.05, 0.1) is 16.1 Å². The van der Waals surface area contributed by atoms with Crippen LogP contribution in [0.25, 0.3) is 0 Å². The zero-order valence-corrected chi connectivity index (χ0v) is 15.3. The van der Waals surface area contributed by atoms with Crippen molar-refractivity contribution < 1.29 is 5.11 Å². The zero-order chi connectivity index (χ0) is 16.3. The highest BCUT2D eigenvalue weighted by molar-refractivity contribution is 6.42. The van der Waals surface area contributed by atoms with Gasteiger partial charge in [-0.2, -0.15) is 0 Å². The monoisotopic (exact) mass is 343 g/mol. The number of nitrogens with zero attached hydrogens (tertiary/aromatic N) is 1. The van der Waals surface area contributed by atoms with Gasteiger partial charge in [-0.15, -0.1) is 0 Å². The van der Waals surface area contributed by atoms with Crippen LogP contribution in [-0.2, 0) is 5.41 Å². The van der Waals surface area contributed by atoms with Gasteiger partial charge in [0.25, 0.3) is 0 Å². The van der Waals surface area contributed by atoms with Crippen LogP contribution in [0.3, 0.4) is 0 Å². The number of rotatable bonds is 7. The number of hydrogen-bond acceptors (Lipinski definition) is 2. The normalized spacial score (nSPS) is 19.8. The average molecular weight is 344 g/mol.